The third-order valence-corrected chi connectivity index (χ3v) is 4.49. The molecular weight excluding hydrogens is 288 g/mol. The van der Waals surface area contributed by atoms with Gasteiger partial charge in [-0.25, -0.2) is 0 Å². The second-order valence-corrected chi connectivity index (χ2v) is 6.18. The van der Waals surface area contributed by atoms with Gasteiger partial charge in [-0.3, -0.25) is 0 Å². The van der Waals surface area contributed by atoms with E-state index in [-0.39, 0.29) is 0 Å². The van der Waals surface area contributed by atoms with Crippen molar-refractivity contribution in [2.24, 2.45) is 5.92 Å². The van der Waals surface area contributed by atoms with Crippen LogP contribution >= 0.6 is 15.9 Å². The maximum Gasteiger partial charge on any atom is 0.0241 e. The van der Waals surface area contributed by atoms with Crippen molar-refractivity contribution in [2.45, 2.75) is 25.8 Å². The molecule has 0 aromatic heterocycles. The third-order valence-electron chi connectivity index (χ3n) is 3.71. The van der Waals surface area contributed by atoms with Crippen molar-refractivity contribution < 1.29 is 0 Å². The minimum atomic E-state index is 0.918. The fourth-order valence-corrected chi connectivity index (χ4v) is 3.02. The van der Waals surface area contributed by atoms with Crippen LogP contribution in [-0.2, 0) is 6.54 Å². The third kappa shape index (κ3) is 4.38. The van der Waals surface area contributed by atoms with E-state index in [0.717, 1.165) is 12.5 Å². The van der Waals surface area contributed by atoms with Crippen molar-refractivity contribution in [1.29, 1.82) is 0 Å². The van der Waals surface area contributed by atoms with Crippen LogP contribution in [0.4, 0.5) is 0 Å². The van der Waals surface area contributed by atoms with Gasteiger partial charge in [0, 0.05) is 11.0 Å². The van der Waals surface area contributed by atoms with Crippen LogP contribution in [0, 0.1) is 5.92 Å². The Balaban J connectivity index is 1.68. The molecule has 1 N–H and O–H groups in total. The van der Waals surface area contributed by atoms with Gasteiger partial charge in [0.2, 0.25) is 0 Å². The van der Waals surface area contributed by atoms with Crippen LogP contribution in [0.15, 0.2) is 28.7 Å². The summed E-state index contributed by atoms with van der Waals surface area (Å²) in [6.45, 7) is 4.67. The summed E-state index contributed by atoms with van der Waals surface area (Å²) in [5.74, 6) is 0.918. The minimum absolute atomic E-state index is 0.918. The fraction of sp³-hybridized carbons (Fsp3) is 0.600. The van der Waals surface area contributed by atoms with Gasteiger partial charge >= 0.3 is 0 Å². The first-order chi connectivity index (χ1) is 8.75. The molecule has 1 fully saturated rings. The van der Waals surface area contributed by atoms with Crippen LogP contribution in [0.1, 0.15) is 24.8 Å². The summed E-state index contributed by atoms with van der Waals surface area (Å²) in [5.41, 5.74) is 1.38. The average molecular weight is 311 g/mol. The van der Waals surface area contributed by atoms with E-state index in [1.807, 2.05) is 0 Å². The summed E-state index contributed by atoms with van der Waals surface area (Å²) >= 11 is 3.61. The van der Waals surface area contributed by atoms with E-state index in [1.54, 1.807) is 0 Å². The Morgan fingerprint density at radius 3 is 2.94 bits per heavy atom. The molecule has 18 heavy (non-hydrogen) atoms. The summed E-state index contributed by atoms with van der Waals surface area (Å²) in [5, 5.41) is 3.44. The van der Waals surface area contributed by atoms with Gasteiger partial charge in [0.1, 0.15) is 0 Å². The van der Waals surface area contributed by atoms with Crippen molar-refractivity contribution in [3.8, 4) is 0 Å². The van der Waals surface area contributed by atoms with Gasteiger partial charge in [-0.15, -0.1) is 0 Å². The summed E-state index contributed by atoms with van der Waals surface area (Å²) < 4.78 is 1.22. The molecule has 2 rings (SSSR count). The second-order valence-electron chi connectivity index (χ2n) is 5.33. The van der Waals surface area contributed by atoms with Gasteiger partial charge in [0.15, 0.2) is 0 Å². The Morgan fingerprint density at radius 2 is 2.22 bits per heavy atom. The van der Waals surface area contributed by atoms with Crippen molar-refractivity contribution in [3.63, 3.8) is 0 Å². The van der Waals surface area contributed by atoms with Crippen molar-refractivity contribution in [1.82, 2.24) is 10.2 Å². The zero-order valence-electron chi connectivity index (χ0n) is 11.2. The highest BCUT2D eigenvalue weighted by Gasteiger charge is 2.13. The zero-order valence-corrected chi connectivity index (χ0v) is 12.7. The lowest BCUT2D eigenvalue weighted by atomic mass is 10.0. The highest BCUT2D eigenvalue weighted by Crippen LogP contribution is 2.18. The lowest BCUT2D eigenvalue weighted by Gasteiger charge is -2.18. The zero-order chi connectivity index (χ0) is 12.8. The maximum absolute atomic E-state index is 3.61. The molecular formula is C15H23BrN2. The van der Waals surface area contributed by atoms with Gasteiger partial charge in [-0.1, -0.05) is 34.1 Å². The van der Waals surface area contributed by atoms with Gasteiger partial charge in [-0.05, 0) is 63.5 Å². The molecule has 1 atom stereocenters. The lowest BCUT2D eigenvalue weighted by Crippen LogP contribution is -2.20. The Labute approximate surface area is 119 Å². The Hall–Kier alpha value is -0.380. The van der Waals surface area contributed by atoms with Gasteiger partial charge in [-0.2, -0.15) is 0 Å². The fourth-order valence-electron chi connectivity index (χ4n) is 2.61. The van der Waals surface area contributed by atoms with Crippen LogP contribution in [0.25, 0.3) is 0 Å². The van der Waals surface area contributed by atoms with E-state index in [1.165, 1.54) is 48.9 Å². The minimum Gasteiger partial charge on any atom is -0.316 e. The largest absolute Gasteiger partial charge is 0.316 e. The maximum atomic E-state index is 3.61. The topological polar surface area (TPSA) is 15.3 Å². The molecule has 2 nitrogen and oxygen atoms in total. The molecule has 1 heterocycles. The lowest BCUT2D eigenvalue weighted by molar-refractivity contribution is 0.307. The molecule has 0 bridgehead atoms. The molecule has 1 aliphatic rings. The number of benzene rings is 1. The number of hydrogen-bond acceptors (Lipinski definition) is 2. The molecule has 1 saturated heterocycles. The predicted molar refractivity (Wildman–Crippen MR) is 80.7 cm³/mol. The Bertz CT molecular complexity index is 361. The van der Waals surface area contributed by atoms with Gasteiger partial charge in [0.05, 0.1) is 0 Å². The summed E-state index contributed by atoms with van der Waals surface area (Å²) in [7, 11) is 2.21. The SMILES string of the molecule is CN(CCCC1CCNC1)Cc1ccccc1Br. The highest BCUT2D eigenvalue weighted by atomic mass is 79.9. The molecule has 3 heteroatoms. The molecule has 0 saturated carbocycles. The Morgan fingerprint density at radius 1 is 1.39 bits per heavy atom. The molecule has 1 aromatic rings. The first-order valence-corrected chi connectivity index (χ1v) is 7.67. The number of halogens is 1. The van der Waals surface area contributed by atoms with Crippen LogP contribution in [0.2, 0.25) is 0 Å². The molecule has 1 unspecified atom stereocenters. The van der Waals surface area contributed by atoms with E-state index in [0.29, 0.717) is 0 Å². The van der Waals surface area contributed by atoms with E-state index in [4.69, 9.17) is 0 Å². The summed E-state index contributed by atoms with van der Waals surface area (Å²) in [6, 6.07) is 8.49. The van der Waals surface area contributed by atoms with Crippen molar-refractivity contribution in [2.75, 3.05) is 26.7 Å². The first-order valence-electron chi connectivity index (χ1n) is 6.88. The van der Waals surface area contributed by atoms with E-state index >= 15 is 0 Å². The smallest absolute Gasteiger partial charge is 0.0241 e. The normalized spacial score (nSPS) is 19.6. The van der Waals surface area contributed by atoms with Crippen molar-refractivity contribution in [3.05, 3.63) is 34.3 Å². The average Bonchev–Trinajstić information content (AvgIpc) is 2.85. The number of hydrogen-bond donors (Lipinski definition) is 1. The summed E-state index contributed by atoms with van der Waals surface area (Å²) in [6.07, 6.45) is 4.05. The van der Waals surface area contributed by atoms with Gasteiger partial charge < -0.3 is 10.2 Å². The monoisotopic (exact) mass is 310 g/mol. The molecule has 1 aromatic carbocycles. The second kappa shape index (κ2) is 7.27. The number of nitrogens with one attached hydrogen (secondary N) is 1. The number of nitrogens with zero attached hydrogens (tertiary/aromatic N) is 1. The quantitative estimate of drug-likeness (QED) is 0.867. The standard InChI is InChI=1S/C15H23BrN2/c1-18(10-4-5-13-8-9-17-11-13)12-14-6-2-3-7-15(14)16/h2-3,6-7,13,17H,4-5,8-12H2,1H3. The van der Waals surface area contributed by atoms with E-state index in [2.05, 4.69) is 57.5 Å². The summed E-state index contributed by atoms with van der Waals surface area (Å²) in [4.78, 5) is 2.42. The van der Waals surface area contributed by atoms with E-state index in [9.17, 15) is 0 Å². The predicted octanol–water partition coefficient (Wildman–Crippen LogP) is 3.27. The molecule has 100 valence electrons. The van der Waals surface area contributed by atoms with Crippen LogP contribution in [0.5, 0.6) is 0 Å². The first kappa shape index (κ1) is 14.0. The molecule has 0 radical (unpaired) electrons. The molecule has 0 amide bonds. The van der Waals surface area contributed by atoms with Crippen molar-refractivity contribution >= 4 is 15.9 Å². The van der Waals surface area contributed by atoms with Gasteiger partial charge in [0.25, 0.3) is 0 Å². The number of rotatable bonds is 6. The van der Waals surface area contributed by atoms with E-state index < -0.39 is 0 Å². The molecule has 1 aliphatic heterocycles. The Kier molecular flexibility index (Phi) is 5.67. The van der Waals surface area contributed by atoms with Crippen LogP contribution in [-0.4, -0.2) is 31.6 Å². The highest BCUT2D eigenvalue weighted by molar-refractivity contribution is 9.10. The van der Waals surface area contributed by atoms with Crippen LogP contribution in [0.3, 0.4) is 0 Å². The molecule has 0 spiro atoms. The molecule has 0 aliphatic carbocycles. The van der Waals surface area contributed by atoms with Crippen LogP contribution < -0.4 is 5.32 Å².